The third-order valence-electron chi connectivity index (χ3n) is 2.88. The Labute approximate surface area is 107 Å². The van der Waals surface area contributed by atoms with Gasteiger partial charge in [0.1, 0.15) is 5.84 Å². The van der Waals surface area contributed by atoms with Gasteiger partial charge in [-0.25, -0.2) is 8.42 Å². The molecule has 0 atom stereocenters. The lowest BCUT2D eigenvalue weighted by Gasteiger charge is -2.19. The van der Waals surface area contributed by atoms with Crippen LogP contribution in [0.3, 0.4) is 0 Å². The minimum Gasteiger partial charge on any atom is -0.330 e. The molecule has 0 fully saturated rings. The first-order chi connectivity index (χ1) is 8.36. The number of amidine groups is 1. The molecule has 1 aliphatic heterocycles. The standard InChI is InChI=1S/C12H17N3O2S/c1-12(2,7-13)8-14-11-9-5-3-4-6-10(9)18(16,17)15-11/h3-6H,7-8,13H2,1-2H3,(H,14,15). The van der Waals surface area contributed by atoms with Gasteiger partial charge in [-0.2, -0.15) is 0 Å². The molecule has 0 radical (unpaired) electrons. The van der Waals surface area contributed by atoms with Gasteiger partial charge in [-0.3, -0.25) is 9.71 Å². The third-order valence-corrected chi connectivity index (χ3v) is 4.28. The minimum atomic E-state index is -3.44. The summed E-state index contributed by atoms with van der Waals surface area (Å²) in [6.45, 7) is 4.96. The van der Waals surface area contributed by atoms with Crippen LogP contribution in [-0.2, 0) is 10.0 Å². The van der Waals surface area contributed by atoms with E-state index in [0.717, 1.165) is 0 Å². The Balaban J connectivity index is 2.37. The van der Waals surface area contributed by atoms with Gasteiger partial charge in [-0.05, 0) is 24.1 Å². The zero-order valence-corrected chi connectivity index (χ0v) is 11.3. The Hall–Kier alpha value is -1.40. The van der Waals surface area contributed by atoms with Crippen LogP contribution in [0.5, 0.6) is 0 Å². The Morgan fingerprint density at radius 1 is 1.33 bits per heavy atom. The molecular formula is C12H17N3O2S. The number of nitrogens with zero attached hydrogens (tertiary/aromatic N) is 1. The van der Waals surface area contributed by atoms with Gasteiger partial charge in [-0.1, -0.05) is 26.0 Å². The second kappa shape index (κ2) is 4.37. The van der Waals surface area contributed by atoms with E-state index in [1.807, 2.05) is 13.8 Å². The minimum absolute atomic E-state index is 0.143. The van der Waals surface area contributed by atoms with E-state index in [1.165, 1.54) is 0 Å². The van der Waals surface area contributed by atoms with Gasteiger partial charge >= 0.3 is 0 Å². The van der Waals surface area contributed by atoms with Crippen molar-refractivity contribution in [3.63, 3.8) is 0 Å². The zero-order valence-electron chi connectivity index (χ0n) is 10.5. The summed E-state index contributed by atoms with van der Waals surface area (Å²) >= 11 is 0. The first kappa shape index (κ1) is 13.0. The molecule has 98 valence electrons. The molecule has 18 heavy (non-hydrogen) atoms. The number of rotatable bonds is 3. The lowest BCUT2D eigenvalue weighted by Crippen LogP contribution is -2.29. The molecular weight excluding hydrogens is 250 g/mol. The predicted octanol–water partition coefficient (Wildman–Crippen LogP) is 0.710. The van der Waals surface area contributed by atoms with E-state index in [-0.39, 0.29) is 10.3 Å². The van der Waals surface area contributed by atoms with Crippen molar-refractivity contribution >= 4 is 15.9 Å². The average Bonchev–Trinajstić information content (AvgIpc) is 2.60. The second-order valence-electron chi connectivity index (χ2n) is 5.13. The van der Waals surface area contributed by atoms with Crippen molar-refractivity contribution in [2.24, 2.45) is 16.1 Å². The summed E-state index contributed by atoms with van der Waals surface area (Å²) in [5.41, 5.74) is 6.12. The maximum atomic E-state index is 11.8. The normalized spacial score (nSPS) is 19.6. The number of sulfonamides is 1. The molecule has 3 N–H and O–H groups in total. The van der Waals surface area contributed by atoms with E-state index in [0.29, 0.717) is 24.5 Å². The molecule has 0 unspecified atom stereocenters. The van der Waals surface area contributed by atoms with Crippen molar-refractivity contribution in [3.8, 4) is 0 Å². The molecule has 0 spiro atoms. The Kier molecular flexibility index (Phi) is 3.16. The molecule has 1 aromatic carbocycles. The molecule has 0 aliphatic carbocycles. The number of nitrogens with one attached hydrogen (secondary N) is 1. The SMILES string of the molecule is CC(C)(CN)CN=C1NS(=O)(=O)c2ccccc21. The van der Waals surface area contributed by atoms with Crippen molar-refractivity contribution in [3.05, 3.63) is 29.8 Å². The summed E-state index contributed by atoms with van der Waals surface area (Å²) in [4.78, 5) is 4.64. The number of hydrogen-bond acceptors (Lipinski definition) is 4. The highest BCUT2D eigenvalue weighted by Gasteiger charge is 2.30. The van der Waals surface area contributed by atoms with Crippen LogP contribution in [0.25, 0.3) is 0 Å². The first-order valence-corrected chi connectivity index (χ1v) is 7.21. The fourth-order valence-corrected chi connectivity index (χ4v) is 2.86. The van der Waals surface area contributed by atoms with E-state index in [2.05, 4.69) is 9.71 Å². The van der Waals surface area contributed by atoms with Crippen LogP contribution in [-0.4, -0.2) is 27.3 Å². The van der Waals surface area contributed by atoms with Crippen LogP contribution in [0.15, 0.2) is 34.2 Å². The van der Waals surface area contributed by atoms with Gasteiger partial charge in [0, 0.05) is 12.1 Å². The number of hydrogen-bond donors (Lipinski definition) is 2. The molecule has 0 aromatic heterocycles. The third kappa shape index (κ3) is 2.39. The maximum absolute atomic E-state index is 11.8. The van der Waals surface area contributed by atoms with Crippen LogP contribution in [0.4, 0.5) is 0 Å². The maximum Gasteiger partial charge on any atom is 0.263 e. The van der Waals surface area contributed by atoms with Crippen molar-refractivity contribution in [2.75, 3.05) is 13.1 Å². The molecule has 0 saturated carbocycles. The molecule has 1 aromatic rings. The highest BCUT2D eigenvalue weighted by atomic mass is 32.2. The number of fused-ring (bicyclic) bond motifs is 1. The van der Waals surface area contributed by atoms with Gasteiger partial charge in [0.25, 0.3) is 10.0 Å². The first-order valence-electron chi connectivity index (χ1n) is 5.72. The molecule has 0 bridgehead atoms. The number of aliphatic imine (C=N–C) groups is 1. The second-order valence-corrected chi connectivity index (χ2v) is 6.79. The van der Waals surface area contributed by atoms with Crippen LogP contribution < -0.4 is 10.5 Å². The van der Waals surface area contributed by atoms with Crippen molar-refractivity contribution in [2.45, 2.75) is 18.7 Å². The van der Waals surface area contributed by atoms with Gasteiger partial charge in [-0.15, -0.1) is 0 Å². The zero-order chi connectivity index (χ0) is 13.4. The molecule has 1 heterocycles. The Bertz CT molecular complexity index is 591. The highest BCUT2D eigenvalue weighted by molar-refractivity contribution is 7.90. The van der Waals surface area contributed by atoms with Crippen LogP contribution in [0, 0.1) is 5.41 Å². The van der Waals surface area contributed by atoms with Crippen LogP contribution >= 0.6 is 0 Å². The van der Waals surface area contributed by atoms with Crippen molar-refractivity contribution in [1.29, 1.82) is 0 Å². The van der Waals surface area contributed by atoms with E-state index in [9.17, 15) is 8.42 Å². The Morgan fingerprint density at radius 3 is 2.67 bits per heavy atom. The summed E-state index contributed by atoms with van der Waals surface area (Å²) in [5.74, 6) is 0.409. The largest absolute Gasteiger partial charge is 0.330 e. The van der Waals surface area contributed by atoms with Crippen molar-refractivity contribution in [1.82, 2.24) is 4.72 Å². The van der Waals surface area contributed by atoms with Gasteiger partial charge in [0.2, 0.25) is 0 Å². The lowest BCUT2D eigenvalue weighted by molar-refractivity contribution is 0.394. The van der Waals surface area contributed by atoms with E-state index < -0.39 is 10.0 Å². The average molecular weight is 267 g/mol. The Morgan fingerprint density at radius 2 is 2.00 bits per heavy atom. The summed E-state index contributed by atoms with van der Waals surface area (Å²) in [6.07, 6.45) is 0. The molecule has 0 saturated heterocycles. The number of benzene rings is 1. The predicted molar refractivity (Wildman–Crippen MR) is 71.0 cm³/mol. The topological polar surface area (TPSA) is 84.5 Å². The lowest BCUT2D eigenvalue weighted by atomic mass is 9.94. The number of nitrogens with two attached hydrogens (primary N) is 1. The summed E-state index contributed by atoms with van der Waals surface area (Å²) in [6, 6.07) is 6.82. The molecule has 0 amide bonds. The molecule has 2 rings (SSSR count). The van der Waals surface area contributed by atoms with E-state index >= 15 is 0 Å². The van der Waals surface area contributed by atoms with Gasteiger partial charge in [0.15, 0.2) is 0 Å². The van der Waals surface area contributed by atoms with Gasteiger partial charge < -0.3 is 5.73 Å². The quantitative estimate of drug-likeness (QED) is 0.846. The monoisotopic (exact) mass is 267 g/mol. The smallest absolute Gasteiger partial charge is 0.263 e. The van der Waals surface area contributed by atoms with E-state index in [1.54, 1.807) is 24.3 Å². The highest BCUT2D eigenvalue weighted by Crippen LogP contribution is 2.23. The fraction of sp³-hybridized carbons (Fsp3) is 0.417. The molecule has 5 nitrogen and oxygen atoms in total. The fourth-order valence-electron chi connectivity index (χ4n) is 1.61. The summed E-state index contributed by atoms with van der Waals surface area (Å²) in [5, 5.41) is 0. The summed E-state index contributed by atoms with van der Waals surface area (Å²) in [7, 11) is -3.44. The molecule has 1 aliphatic rings. The van der Waals surface area contributed by atoms with Crippen LogP contribution in [0.2, 0.25) is 0 Å². The summed E-state index contributed by atoms with van der Waals surface area (Å²) < 4.78 is 26.2. The van der Waals surface area contributed by atoms with Crippen molar-refractivity contribution < 1.29 is 8.42 Å². The van der Waals surface area contributed by atoms with Crippen LogP contribution in [0.1, 0.15) is 19.4 Å². The van der Waals surface area contributed by atoms with E-state index in [4.69, 9.17) is 5.73 Å². The molecule has 6 heteroatoms. The van der Waals surface area contributed by atoms with Gasteiger partial charge in [0.05, 0.1) is 4.90 Å².